The number of ether oxygens (including phenoxy) is 3. The van der Waals surface area contributed by atoms with Crippen LogP contribution in [0.4, 0.5) is 10.2 Å². The molecule has 4 atom stereocenters. The molecular formula is C17H23FN6O6. The topological polar surface area (TPSA) is 171 Å². The maximum absolute atomic E-state index is 15.4. The predicted octanol–water partition coefficient (Wildman–Crippen LogP) is 1.47. The molecule has 0 saturated carbocycles. The van der Waals surface area contributed by atoms with Gasteiger partial charge < -0.3 is 19.9 Å². The summed E-state index contributed by atoms with van der Waals surface area (Å²) in [7, 11) is 0. The number of anilines is 1. The molecule has 13 heteroatoms. The van der Waals surface area contributed by atoms with Crippen LogP contribution in [-0.4, -0.2) is 46.1 Å². The zero-order valence-electron chi connectivity index (χ0n) is 16.9. The van der Waals surface area contributed by atoms with Crippen LogP contribution in [0.1, 0.15) is 33.9 Å². The van der Waals surface area contributed by atoms with E-state index in [0.29, 0.717) is 0 Å². The summed E-state index contributed by atoms with van der Waals surface area (Å²) in [6.45, 7) is 5.43. The van der Waals surface area contributed by atoms with Crippen LogP contribution in [-0.2, 0) is 23.8 Å². The first-order chi connectivity index (χ1) is 14.0. The van der Waals surface area contributed by atoms with Gasteiger partial charge in [0.15, 0.2) is 18.5 Å². The van der Waals surface area contributed by atoms with Gasteiger partial charge in [0.25, 0.3) is 0 Å². The fraction of sp³-hybridized carbons (Fsp3) is 0.647. The standard InChI is InChI=1S/C17H23FN6O6/c1-8(2)14(25)28-7-17(22-23-20)12(29-15(26)9(3)4)11(18)13(30-17)24-6-5-10(19)21-16(24)27/h5-6,8-9,11-13H,7H2,1-4H3,(H2,19,21,27)/t11-,12+,13-,17?/m1/s1. The zero-order chi connectivity index (χ0) is 22.6. The molecule has 1 aliphatic heterocycles. The molecule has 1 fully saturated rings. The van der Waals surface area contributed by atoms with E-state index in [4.69, 9.17) is 25.5 Å². The molecule has 0 spiro atoms. The van der Waals surface area contributed by atoms with Gasteiger partial charge in [-0.1, -0.05) is 32.8 Å². The first-order valence-electron chi connectivity index (χ1n) is 9.12. The Morgan fingerprint density at radius 2 is 2.03 bits per heavy atom. The monoisotopic (exact) mass is 426 g/mol. The van der Waals surface area contributed by atoms with E-state index in [-0.39, 0.29) is 5.82 Å². The molecule has 2 N–H and O–H groups in total. The summed E-state index contributed by atoms with van der Waals surface area (Å²) in [6, 6.07) is 1.24. The minimum absolute atomic E-state index is 0.0976. The van der Waals surface area contributed by atoms with Gasteiger partial charge in [0.1, 0.15) is 12.4 Å². The van der Waals surface area contributed by atoms with Gasteiger partial charge in [-0.05, 0) is 11.6 Å². The van der Waals surface area contributed by atoms with Gasteiger partial charge in [-0.25, -0.2) is 9.18 Å². The lowest BCUT2D eigenvalue weighted by Gasteiger charge is -2.29. The minimum atomic E-state index is -2.24. The molecule has 1 unspecified atom stereocenters. The molecule has 1 aromatic heterocycles. The number of rotatable bonds is 7. The van der Waals surface area contributed by atoms with Gasteiger partial charge in [0.05, 0.1) is 11.8 Å². The number of nitrogen functional groups attached to an aromatic ring is 1. The van der Waals surface area contributed by atoms with Crippen LogP contribution in [0.3, 0.4) is 0 Å². The SMILES string of the molecule is CC(C)C(=O)OCC1(N=[N+]=[N-])O[C@@H](n2ccc(N)nc2=O)[C@H](F)[C@@H]1OC(=O)C(C)C. The molecule has 0 aromatic carbocycles. The van der Waals surface area contributed by atoms with Crippen molar-refractivity contribution in [1.82, 2.24) is 9.55 Å². The van der Waals surface area contributed by atoms with Crippen LogP contribution >= 0.6 is 0 Å². The Hall–Kier alpha value is -3.18. The van der Waals surface area contributed by atoms with Crippen molar-refractivity contribution in [2.45, 2.75) is 51.9 Å². The summed E-state index contributed by atoms with van der Waals surface area (Å²) in [4.78, 5) is 42.4. The first kappa shape index (κ1) is 23.1. The zero-order valence-corrected chi connectivity index (χ0v) is 16.9. The Morgan fingerprint density at radius 3 is 2.57 bits per heavy atom. The van der Waals surface area contributed by atoms with Crippen molar-refractivity contribution < 1.29 is 28.2 Å². The molecule has 0 aliphatic carbocycles. The largest absolute Gasteiger partial charge is 0.462 e. The Labute approximate surface area is 170 Å². The molecule has 1 saturated heterocycles. The molecule has 164 valence electrons. The second-order valence-electron chi connectivity index (χ2n) is 7.30. The highest BCUT2D eigenvalue weighted by atomic mass is 19.1. The van der Waals surface area contributed by atoms with E-state index in [1.54, 1.807) is 13.8 Å². The fourth-order valence-corrected chi connectivity index (χ4v) is 2.63. The van der Waals surface area contributed by atoms with Crippen LogP contribution in [0.15, 0.2) is 22.2 Å². The number of hydrogen-bond donors (Lipinski definition) is 1. The number of aromatic nitrogens is 2. The summed E-state index contributed by atoms with van der Waals surface area (Å²) in [5.41, 5.74) is 11.3. The summed E-state index contributed by atoms with van der Waals surface area (Å²) in [5, 5.41) is 3.46. The summed E-state index contributed by atoms with van der Waals surface area (Å²) < 4.78 is 32.0. The number of azide groups is 1. The van der Waals surface area contributed by atoms with Crippen molar-refractivity contribution in [1.29, 1.82) is 0 Å². The van der Waals surface area contributed by atoms with E-state index in [1.165, 1.54) is 19.9 Å². The van der Waals surface area contributed by atoms with Crippen molar-refractivity contribution in [3.8, 4) is 0 Å². The fourth-order valence-electron chi connectivity index (χ4n) is 2.63. The molecule has 1 aliphatic rings. The highest BCUT2D eigenvalue weighted by Gasteiger charge is 2.60. The van der Waals surface area contributed by atoms with Crippen LogP contribution in [0, 0.1) is 11.8 Å². The number of nitrogens with zero attached hydrogens (tertiary/aromatic N) is 5. The van der Waals surface area contributed by atoms with Crippen molar-refractivity contribution in [3.63, 3.8) is 0 Å². The number of hydrogen-bond acceptors (Lipinski definition) is 9. The molecule has 30 heavy (non-hydrogen) atoms. The van der Waals surface area contributed by atoms with Gasteiger partial charge in [-0.3, -0.25) is 14.2 Å². The Bertz CT molecular complexity index is 914. The number of halogens is 1. The molecule has 0 amide bonds. The third-order valence-corrected chi connectivity index (χ3v) is 4.28. The molecular weight excluding hydrogens is 403 g/mol. The summed E-state index contributed by atoms with van der Waals surface area (Å²) in [5.74, 6) is -2.75. The third kappa shape index (κ3) is 4.69. The van der Waals surface area contributed by atoms with Crippen LogP contribution < -0.4 is 11.4 Å². The van der Waals surface area contributed by atoms with E-state index < -0.39 is 60.3 Å². The van der Waals surface area contributed by atoms with Crippen LogP contribution in [0.2, 0.25) is 0 Å². The highest BCUT2D eigenvalue weighted by molar-refractivity contribution is 5.72. The summed E-state index contributed by atoms with van der Waals surface area (Å²) in [6.07, 6.45) is -4.49. The number of nitrogens with two attached hydrogens (primary N) is 1. The number of esters is 2. The van der Waals surface area contributed by atoms with Gasteiger partial charge in [0.2, 0.25) is 5.72 Å². The quantitative estimate of drug-likeness (QED) is 0.295. The maximum atomic E-state index is 15.4. The van der Waals surface area contributed by atoms with Crippen LogP contribution in [0.25, 0.3) is 10.4 Å². The Balaban J connectivity index is 2.50. The highest BCUT2D eigenvalue weighted by Crippen LogP contribution is 2.42. The predicted molar refractivity (Wildman–Crippen MR) is 100 cm³/mol. The number of carbonyl (C=O) groups is 2. The smallest absolute Gasteiger partial charge is 0.351 e. The number of carbonyl (C=O) groups excluding carboxylic acids is 2. The van der Waals surface area contributed by atoms with Crippen molar-refractivity contribution >= 4 is 17.8 Å². The third-order valence-electron chi connectivity index (χ3n) is 4.28. The lowest BCUT2D eigenvalue weighted by molar-refractivity contribution is -0.180. The van der Waals surface area contributed by atoms with Gasteiger partial charge >= 0.3 is 17.6 Å². The average molecular weight is 426 g/mol. The molecule has 0 radical (unpaired) electrons. The maximum Gasteiger partial charge on any atom is 0.351 e. The second-order valence-corrected chi connectivity index (χ2v) is 7.30. The lowest BCUT2D eigenvalue weighted by Crippen LogP contribution is -2.48. The normalized spacial score (nSPS) is 25.8. The Kier molecular flexibility index (Phi) is 7.00. The minimum Gasteiger partial charge on any atom is -0.462 e. The molecule has 12 nitrogen and oxygen atoms in total. The van der Waals surface area contributed by atoms with E-state index in [9.17, 15) is 14.4 Å². The van der Waals surface area contributed by atoms with E-state index in [0.717, 1.165) is 10.8 Å². The molecule has 2 rings (SSSR count). The molecule has 0 bridgehead atoms. The summed E-state index contributed by atoms with van der Waals surface area (Å²) >= 11 is 0. The van der Waals surface area contributed by atoms with Crippen molar-refractivity contribution in [2.24, 2.45) is 17.0 Å². The molecule has 2 heterocycles. The van der Waals surface area contributed by atoms with E-state index in [1.807, 2.05) is 0 Å². The van der Waals surface area contributed by atoms with Gasteiger partial charge in [0, 0.05) is 11.1 Å². The van der Waals surface area contributed by atoms with Gasteiger partial charge in [-0.15, -0.1) is 0 Å². The lowest BCUT2D eigenvalue weighted by atomic mass is 10.1. The Morgan fingerprint density at radius 1 is 1.40 bits per heavy atom. The van der Waals surface area contributed by atoms with Crippen molar-refractivity contribution in [2.75, 3.05) is 12.3 Å². The number of alkyl halides is 1. The van der Waals surface area contributed by atoms with Crippen molar-refractivity contribution in [3.05, 3.63) is 33.2 Å². The van der Waals surface area contributed by atoms with Gasteiger partial charge in [-0.2, -0.15) is 4.98 Å². The van der Waals surface area contributed by atoms with E-state index >= 15 is 4.39 Å². The average Bonchev–Trinajstić information content (AvgIpc) is 2.92. The first-order valence-corrected chi connectivity index (χ1v) is 9.12. The molecule has 1 aromatic rings. The van der Waals surface area contributed by atoms with Crippen LogP contribution in [0.5, 0.6) is 0 Å². The second kappa shape index (κ2) is 9.09. The van der Waals surface area contributed by atoms with E-state index in [2.05, 4.69) is 15.0 Å².